The van der Waals surface area contributed by atoms with Crippen molar-refractivity contribution in [2.75, 3.05) is 5.32 Å². The highest BCUT2D eigenvalue weighted by atomic mass is 32.2. The molecule has 0 radical (unpaired) electrons. The summed E-state index contributed by atoms with van der Waals surface area (Å²) < 4.78 is 2.19. The summed E-state index contributed by atoms with van der Waals surface area (Å²) in [6, 6.07) is 11.6. The number of thioether (sulfide) groups is 1. The van der Waals surface area contributed by atoms with Gasteiger partial charge in [0.15, 0.2) is 16.8 Å². The minimum Gasteiger partial charge on any atom is -0.326 e. The van der Waals surface area contributed by atoms with E-state index in [0.717, 1.165) is 28.7 Å². The van der Waals surface area contributed by atoms with Gasteiger partial charge in [0.25, 0.3) is 0 Å². The molecule has 0 bridgehead atoms. The molecule has 2 aromatic heterocycles. The predicted molar refractivity (Wildman–Crippen MR) is 121 cm³/mol. The lowest BCUT2D eigenvalue weighted by molar-refractivity contribution is -0.118. The first-order valence-corrected chi connectivity index (χ1v) is 11.8. The SMILES string of the molecule is CC(C)C(=O)Nc1ccc(C(=O)[C@H](C)Sc2nnc(-c3cccs3)n2C2CC2)cc1. The number of hydrogen-bond acceptors (Lipinski definition) is 6. The normalized spacial score (nSPS) is 14.7. The number of ketones is 1. The van der Waals surface area contributed by atoms with E-state index in [-0.39, 0.29) is 22.9 Å². The maximum absolute atomic E-state index is 13.0. The highest BCUT2D eigenvalue weighted by molar-refractivity contribution is 8.00. The number of carbonyl (C=O) groups is 2. The van der Waals surface area contributed by atoms with Gasteiger partial charge in [0.1, 0.15) is 0 Å². The van der Waals surface area contributed by atoms with Crippen molar-refractivity contribution in [3.63, 3.8) is 0 Å². The van der Waals surface area contributed by atoms with E-state index in [1.54, 1.807) is 35.6 Å². The van der Waals surface area contributed by atoms with Crippen LogP contribution >= 0.6 is 23.1 Å². The number of carbonyl (C=O) groups excluding carboxylic acids is 2. The van der Waals surface area contributed by atoms with Gasteiger partial charge in [0.05, 0.1) is 10.1 Å². The van der Waals surface area contributed by atoms with E-state index in [1.807, 2.05) is 32.2 Å². The van der Waals surface area contributed by atoms with Crippen LogP contribution in [0.1, 0.15) is 50.0 Å². The third-order valence-corrected chi connectivity index (χ3v) is 6.85. The topological polar surface area (TPSA) is 76.9 Å². The Bertz CT molecular complexity index is 1040. The highest BCUT2D eigenvalue weighted by Gasteiger charge is 2.32. The van der Waals surface area contributed by atoms with E-state index in [0.29, 0.717) is 17.3 Å². The third-order valence-electron chi connectivity index (χ3n) is 4.93. The van der Waals surface area contributed by atoms with Crippen molar-refractivity contribution in [2.24, 2.45) is 5.92 Å². The molecule has 1 aromatic carbocycles. The van der Waals surface area contributed by atoms with Crippen molar-refractivity contribution in [1.29, 1.82) is 0 Å². The van der Waals surface area contributed by atoms with Crippen molar-refractivity contribution >= 4 is 40.5 Å². The summed E-state index contributed by atoms with van der Waals surface area (Å²) >= 11 is 3.10. The minimum atomic E-state index is -0.293. The molecule has 1 fully saturated rings. The molecule has 0 unspecified atom stereocenters. The number of hydrogen-bond donors (Lipinski definition) is 1. The Hall–Kier alpha value is -2.45. The van der Waals surface area contributed by atoms with Gasteiger partial charge in [-0.25, -0.2) is 0 Å². The van der Waals surface area contributed by atoms with E-state index >= 15 is 0 Å². The van der Waals surface area contributed by atoms with Crippen LogP contribution in [0.25, 0.3) is 10.7 Å². The first-order chi connectivity index (χ1) is 14.4. The Morgan fingerprint density at radius 1 is 1.13 bits per heavy atom. The summed E-state index contributed by atoms with van der Waals surface area (Å²) in [5, 5.41) is 14.2. The molecular formula is C22H24N4O2S2. The summed E-state index contributed by atoms with van der Waals surface area (Å²) in [5.74, 6) is 0.786. The number of thiophene rings is 1. The number of rotatable bonds is 8. The van der Waals surface area contributed by atoms with Crippen molar-refractivity contribution < 1.29 is 9.59 Å². The van der Waals surface area contributed by atoms with Crippen LogP contribution in [0.3, 0.4) is 0 Å². The summed E-state index contributed by atoms with van der Waals surface area (Å²) in [6.07, 6.45) is 2.24. The molecule has 1 N–H and O–H groups in total. The van der Waals surface area contributed by atoms with E-state index in [9.17, 15) is 9.59 Å². The zero-order chi connectivity index (χ0) is 21.3. The van der Waals surface area contributed by atoms with Gasteiger partial charge >= 0.3 is 0 Å². The Morgan fingerprint density at radius 2 is 1.87 bits per heavy atom. The van der Waals surface area contributed by atoms with Crippen LogP contribution in [0.2, 0.25) is 0 Å². The second-order valence-electron chi connectivity index (χ2n) is 7.73. The molecule has 1 atom stereocenters. The quantitative estimate of drug-likeness (QED) is 0.380. The summed E-state index contributed by atoms with van der Waals surface area (Å²) in [7, 11) is 0. The lowest BCUT2D eigenvalue weighted by atomic mass is 10.1. The molecule has 2 heterocycles. The molecule has 1 saturated carbocycles. The fourth-order valence-corrected chi connectivity index (χ4v) is 4.75. The Labute approximate surface area is 184 Å². The van der Waals surface area contributed by atoms with Crippen LogP contribution in [0.4, 0.5) is 5.69 Å². The third kappa shape index (κ3) is 4.49. The molecule has 3 aromatic rings. The molecule has 1 aliphatic carbocycles. The average molecular weight is 441 g/mol. The van der Waals surface area contributed by atoms with E-state index < -0.39 is 0 Å². The van der Waals surface area contributed by atoms with Crippen molar-refractivity contribution in [3.05, 3.63) is 47.3 Å². The minimum absolute atomic E-state index is 0.0322. The van der Waals surface area contributed by atoms with Gasteiger partial charge in [0.2, 0.25) is 5.91 Å². The lowest BCUT2D eigenvalue weighted by Crippen LogP contribution is -2.18. The molecule has 1 amide bonds. The van der Waals surface area contributed by atoms with Gasteiger partial charge < -0.3 is 5.32 Å². The van der Waals surface area contributed by atoms with Crippen molar-refractivity contribution in [1.82, 2.24) is 14.8 Å². The van der Waals surface area contributed by atoms with E-state index in [4.69, 9.17) is 0 Å². The molecule has 8 heteroatoms. The summed E-state index contributed by atoms with van der Waals surface area (Å²) in [4.78, 5) is 25.9. The first kappa shape index (κ1) is 20.8. The molecule has 30 heavy (non-hydrogen) atoms. The van der Waals surface area contributed by atoms with E-state index in [1.165, 1.54) is 11.8 Å². The van der Waals surface area contributed by atoms with E-state index in [2.05, 4.69) is 26.1 Å². The largest absolute Gasteiger partial charge is 0.326 e. The van der Waals surface area contributed by atoms with Crippen LogP contribution in [-0.2, 0) is 4.79 Å². The fourth-order valence-electron chi connectivity index (χ4n) is 3.04. The van der Waals surface area contributed by atoms with Crippen molar-refractivity contribution in [2.45, 2.75) is 50.1 Å². The lowest BCUT2D eigenvalue weighted by Gasteiger charge is -2.13. The molecule has 0 aliphatic heterocycles. The molecule has 1 aliphatic rings. The zero-order valence-electron chi connectivity index (χ0n) is 17.2. The molecule has 4 rings (SSSR count). The highest BCUT2D eigenvalue weighted by Crippen LogP contribution is 2.42. The van der Waals surface area contributed by atoms with Crippen LogP contribution in [0.5, 0.6) is 0 Å². The number of amides is 1. The second kappa shape index (κ2) is 8.73. The fraction of sp³-hybridized carbons (Fsp3) is 0.364. The Balaban J connectivity index is 1.47. The Morgan fingerprint density at radius 3 is 2.47 bits per heavy atom. The van der Waals surface area contributed by atoms with Crippen LogP contribution in [-0.4, -0.2) is 31.7 Å². The van der Waals surface area contributed by atoms with Gasteiger partial charge in [-0.05, 0) is 55.5 Å². The standard InChI is InChI=1S/C22H24N4O2S2/c1-13(2)21(28)23-16-8-6-15(7-9-16)19(27)14(3)30-22-25-24-20(18-5-4-12-29-18)26(22)17-10-11-17/h4-9,12-14,17H,10-11H2,1-3H3,(H,23,28)/t14-/m0/s1. The number of anilines is 1. The number of benzene rings is 1. The van der Waals surface area contributed by atoms with Crippen LogP contribution in [0.15, 0.2) is 46.9 Å². The maximum atomic E-state index is 13.0. The number of aromatic nitrogens is 3. The second-order valence-corrected chi connectivity index (χ2v) is 9.99. The maximum Gasteiger partial charge on any atom is 0.226 e. The monoisotopic (exact) mass is 440 g/mol. The number of nitrogens with zero attached hydrogens (tertiary/aromatic N) is 3. The van der Waals surface area contributed by atoms with Gasteiger partial charge in [-0.15, -0.1) is 21.5 Å². The van der Waals surface area contributed by atoms with Gasteiger partial charge in [-0.2, -0.15) is 0 Å². The van der Waals surface area contributed by atoms with Gasteiger partial charge in [-0.1, -0.05) is 31.7 Å². The Kier molecular flexibility index (Phi) is 6.06. The van der Waals surface area contributed by atoms with Gasteiger partial charge in [-0.3, -0.25) is 14.2 Å². The molecule has 156 valence electrons. The molecule has 6 nitrogen and oxygen atoms in total. The van der Waals surface area contributed by atoms with Crippen LogP contribution in [0, 0.1) is 5.92 Å². The number of Topliss-reactive ketones (excluding diaryl/α,β-unsaturated/α-hetero) is 1. The molecule has 0 saturated heterocycles. The molecular weight excluding hydrogens is 416 g/mol. The first-order valence-electron chi connectivity index (χ1n) is 10.0. The number of nitrogens with one attached hydrogen (secondary N) is 1. The molecule has 0 spiro atoms. The summed E-state index contributed by atoms with van der Waals surface area (Å²) in [5.41, 5.74) is 1.31. The smallest absolute Gasteiger partial charge is 0.226 e. The average Bonchev–Trinajstić information content (AvgIpc) is 3.25. The van der Waals surface area contributed by atoms with Crippen LogP contribution < -0.4 is 5.32 Å². The predicted octanol–water partition coefficient (Wildman–Crippen LogP) is 5.30. The zero-order valence-corrected chi connectivity index (χ0v) is 18.8. The summed E-state index contributed by atoms with van der Waals surface area (Å²) in [6.45, 7) is 5.59. The van der Waals surface area contributed by atoms with Crippen molar-refractivity contribution in [3.8, 4) is 10.7 Å². The van der Waals surface area contributed by atoms with Gasteiger partial charge in [0, 0.05) is 23.2 Å².